The van der Waals surface area contributed by atoms with Crippen LogP contribution in [0.25, 0.3) is 0 Å². The third-order valence-corrected chi connectivity index (χ3v) is 3.66. The molecule has 1 aliphatic rings. The van der Waals surface area contributed by atoms with E-state index in [0.717, 1.165) is 19.5 Å². The van der Waals surface area contributed by atoms with Crippen LogP contribution in [0.4, 0.5) is 0 Å². The zero-order valence-corrected chi connectivity index (χ0v) is 12.5. The van der Waals surface area contributed by atoms with Crippen molar-refractivity contribution in [1.29, 1.82) is 0 Å². The number of nitrogens with one attached hydrogen (secondary N) is 1. The minimum absolute atomic E-state index is 0.101. The Bertz CT molecular complexity index is 255. The van der Waals surface area contributed by atoms with Gasteiger partial charge in [-0.25, -0.2) is 0 Å². The van der Waals surface area contributed by atoms with E-state index in [9.17, 15) is 4.79 Å². The largest absolute Gasteiger partial charge is 0.383 e. The Morgan fingerprint density at radius 2 is 2.21 bits per heavy atom. The third-order valence-electron chi connectivity index (χ3n) is 3.66. The van der Waals surface area contributed by atoms with Gasteiger partial charge in [0.15, 0.2) is 0 Å². The van der Waals surface area contributed by atoms with Crippen LogP contribution < -0.4 is 5.32 Å². The fraction of sp³-hybridized carbons (Fsp3) is 0.929. The fourth-order valence-electron chi connectivity index (χ4n) is 2.57. The molecule has 1 rings (SSSR count). The molecular formula is C14H28N2O3. The topological polar surface area (TPSA) is 50.8 Å². The average Bonchev–Trinajstić information content (AvgIpc) is 2.40. The highest BCUT2D eigenvalue weighted by Crippen LogP contribution is 2.16. The van der Waals surface area contributed by atoms with Crippen molar-refractivity contribution in [2.45, 2.75) is 32.2 Å². The quantitative estimate of drug-likeness (QED) is 0.713. The summed E-state index contributed by atoms with van der Waals surface area (Å²) in [7, 11) is 3.33. The molecule has 19 heavy (non-hydrogen) atoms. The van der Waals surface area contributed by atoms with E-state index in [0.29, 0.717) is 32.1 Å². The zero-order valence-electron chi connectivity index (χ0n) is 12.5. The van der Waals surface area contributed by atoms with E-state index in [1.165, 1.54) is 6.42 Å². The van der Waals surface area contributed by atoms with Crippen molar-refractivity contribution < 1.29 is 14.3 Å². The minimum Gasteiger partial charge on any atom is -0.383 e. The summed E-state index contributed by atoms with van der Waals surface area (Å²) >= 11 is 0. The molecule has 0 aliphatic carbocycles. The summed E-state index contributed by atoms with van der Waals surface area (Å²) in [6, 6.07) is 0.101. The van der Waals surface area contributed by atoms with E-state index in [4.69, 9.17) is 9.47 Å². The van der Waals surface area contributed by atoms with Crippen LogP contribution in [0.5, 0.6) is 0 Å². The number of amides is 1. The van der Waals surface area contributed by atoms with Crippen molar-refractivity contribution in [3.63, 3.8) is 0 Å². The van der Waals surface area contributed by atoms with Crippen LogP contribution in [-0.2, 0) is 14.3 Å². The van der Waals surface area contributed by atoms with Crippen LogP contribution in [0.3, 0.4) is 0 Å². The van der Waals surface area contributed by atoms with Gasteiger partial charge < -0.3 is 19.7 Å². The molecule has 0 aromatic heterocycles. The second-order valence-corrected chi connectivity index (χ2v) is 5.30. The Balaban J connectivity index is 2.48. The zero-order chi connectivity index (χ0) is 14.1. The molecule has 1 aliphatic heterocycles. The molecule has 1 heterocycles. The first kappa shape index (κ1) is 16.4. The number of nitrogens with zero attached hydrogens (tertiary/aromatic N) is 1. The van der Waals surface area contributed by atoms with E-state index in [1.54, 1.807) is 14.2 Å². The van der Waals surface area contributed by atoms with Crippen LogP contribution in [0.2, 0.25) is 0 Å². The summed E-state index contributed by atoms with van der Waals surface area (Å²) in [5.41, 5.74) is 0. The standard InChI is InChI=1S/C14H28N2O3/c1-12(11-19-3)16(7-8-18-2)14(17)9-13-5-4-6-15-10-13/h12-13,15H,4-11H2,1-3H3. The van der Waals surface area contributed by atoms with E-state index >= 15 is 0 Å². The van der Waals surface area contributed by atoms with Crippen LogP contribution in [0.1, 0.15) is 26.2 Å². The Labute approximate surface area is 116 Å². The average molecular weight is 272 g/mol. The Morgan fingerprint density at radius 1 is 1.42 bits per heavy atom. The van der Waals surface area contributed by atoms with E-state index in [1.807, 2.05) is 11.8 Å². The van der Waals surface area contributed by atoms with Gasteiger partial charge in [-0.05, 0) is 38.8 Å². The van der Waals surface area contributed by atoms with Crippen molar-refractivity contribution in [1.82, 2.24) is 10.2 Å². The second kappa shape index (κ2) is 9.28. The van der Waals surface area contributed by atoms with Gasteiger partial charge in [-0.2, -0.15) is 0 Å². The Hall–Kier alpha value is -0.650. The number of rotatable bonds is 8. The Morgan fingerprint density at radius 3 is 2.79 bits per heavy atom. The van der Waals surface area contributed by atoms with Gasteiger partial charge in [-0.1, -0.05) is 0 Å². The predicted octanol–water partition coefficient (Wildman–Crippen LogP) is 0.886. The van der Waals surface area contributed by atoms with E-state index < -0.39 is 0 Å². The molecule has 1 amide bonds. The molecule has 0 bridgehead atoms. The lowest BCUT2D eigenvalue weighted by atomic mass is 9.95. The first-order chi connectivity index (χ1) is 9.19. The van der Waals surface area contributed by atoms with Crippen LogP contribution in [0, 0.1) is 5.92 Å². The molecule has 0 aromatic rings. The van der Waals surface area contributed by atoms with Crippen molar-refractivity contribution in [3.05, 3.63) is 0 Å². The molecule has 1 N–H and O–H groups in total. The highest BCUT2D eigenvalue weighted by atomic mass is 16.5. The van der Waals surface area contributed by atoms with Gasteiger partial charge in [0.05, 0.1) is 19.3 Å². The predicted molar refractivity (Wildman–Crippen MR) is 75.1 cm³/mol. The number of hydrogen-bond donors (Lipinski definition) is 1. The molecular weight excluding hydrogens is 244 g/mol. The maximum Gasteiger partial charge on any atom is 0.223 e. The third kappa shape index (κ3) is 5.89. The molecule has 1 fully saturated rings. The molecule has 0 aromatic carbocycles. The molecule has 112 valence electrons. The van der Waals surface area contributed by atoms with Gasteiger partial charge in [0, 0.05) is 27.2 Å². The van der Waals surface area contributed by atoms with Crippen LogP contribution in [0.15, 0.2) is 0 Å². The first-order valence-corrected chi connectivity index (χ1v) is 7.17. The number of hydrogen-bond acceptors (Lipinski definition) is 4. The SMILES string of the molecule is COCCN(C(=O)CC1CCCNC1)C(C)COC. The molecule has 0 radical (unpaired) electrons. The van der Waals surface area contributed by atoms with Crippen LogP contribution in [-0.4, -0.2) is 63.9 Å². The summed E-state index contributed by atoms with van der Waals surface area (Å²) < 4.78 is 10.3. The molecule has 0 saturated carbocycles. The lowest BCUT2D eigenvalue weighted by molar-refractivity contribution is -0.136. The maximum absolute atomic E-state index is 12.4. The van der Waals surface area contributed by atoms with Crippen molar-refractivity contribution in [3.8, 4) is 0 Å². The van der Waals surface area contributed by atoms with E-state index in [-0.39, 0.29) is 11.9 Å². The molecule has 2 unspecified atom stereocenters. The lowest BCUT2D eigenvalue weighted by Gasteiger charge is -2.31. The number of carbonyl (C=O) groups excluding carboxylic acids is 1. The van der Waals surface area contributed by atoms with Gasteiger partial charge in [-0.3, -0.25) is 4.79 Å². The normalized spacial score (nSPS) is 21.1. The Kier molecular flexibility index (Phi) is 8.02. The highest BCUT2D eigenvalue weighted by molar-refractivity contribution is 5.76. The molecule has 5 heteroatoms. The van der Waals surface area contributed by atoms with Gasteiger partial charge in [0.25, 0.3) is 0 Å². The highest BCUT2D eigenvalue weighted by Gasteiger charge is 2.24. The molecule has 0 spiro atoms. The second-order valence-electron chi connectivity index (χ2n) is 5.30. The molecule has 5 nitrogen and oxygen atoms in total. The number of piperidine rings is 1. The van der Waals surface area contributed by atoms with Crippen molar-refractivity contribution in [2.24, 2.45) is 5.92 Å². The number of ether oxygens (including phenoxy) is 2. The lowest BCUT2D eigenvalue weighted by Crippen LogP contribution is -2.44. The van der Waals surface area contributed by atoms with Crippen LogP contribution >= 0.6 is 0 Å². The first-order valence-electron chi connectivity index (χ1n) is 7.17. The summed E-state index contributed by atoms with van der Waals surface area (Å²) in [4.78, 5) is 14.3. The fourth-order valence-corrected chi connectivity index (χ4v) is 2.57. The maximum atomic E-state index is 12.4. The van der Waals surface area contributed by atoms with Gasteiger partial charge in [0.1, 0.15) is 0 Å². The van der Waals surface area contributed by atoms with Gasteiger partial charge in [-0.15, -0.1) is 0 Å². The smallest absolute Gasteiger partial charge is 0.223 e. The summed E-state index contributed by atoms with van der Waals surface area (Å²) in [6.45, 7) is 5.85. The molecule has 1 saturated heterocycles. The monoisotopic (exact) mass is 272 g/mol. The summed E-state index contributed by atoms with van der Waals surface area (Å²) in [5, 5.41) is 3.36. The van der Waals surface area contributed by atoms with Crippen molar-refractivity contribution >= 4 is 5.91 Å². The van der Waals surface area contributed by atoms with E-state index in [2.05, 4.69) is 5.32 Å². The molecule has 2 atom stereocenters. The number of carbonyl (C=O) groups is 1. The summed E-state index contributed by atoms with van der Waals surface area (Å²) in [5.74, 6) is 0.691. The van der Waals surface area contributed by atoms with Gasteiger partial charge >= 0.3 is 0 Å². The van der Waals surface area contributed by atoms with Crippen molar-refractivity contribution in [2.75, 3.05) is 47.1 Å². The summed E-state index contributed by atoms with van der Waals surface area (Å²) in [6.07, 6.45) is 2.95. The van der Waals surface area contributed by atoms with Gasteiger partial charge in [0.2, 0.25) is 5.91 Å². The minimum atomic E-state index is 0.101. The number of methoxy groups -OCH3 is 2.